The molecule has 0 atom stereocenters. The lowest BCUT2D eigenvalue weighted by Gasteiger charge is -2.08. The molecule has 2 aromatic heterocycles. The molecule has 0 amide bonds. The van der Waals surface area contributed by atoms with Crippen molar-refractivity contribution in [3.8, 4) is 6.07 Å². The molecule has 0 saturated carbocycles. The van der Waals surface area contributed by atoms with Crippen molar-refractivity contribution in [2.75, 3.05) is 5.32 Å². The van der Waals surface area contributed by atoms with Gasteiger partial charge in [0, 0.05) is 35.0 Å². The molecule has 0 unspecified atom stereocenters. The van der Waals surface area contributed by atoms with Gasteiger partial charge in [-0.05, 0) is 25.1 Å². The maximum absolute atomic E-state index is 9.15. The normalized spacial score (nSPS) is 10.5. The highest BCUT2D eigenvalue weighted by atomic mass is 79.9. The van der Waals surface area contributed by atoms with Gasteiger partial charge in [-0.25, -0.2) is 9.50 Å². The van der Waals surface area contributed by atoms with Gasteiger partial charge in [-0.15, -0.1) is 0 Å². The zero-order chi connectivity index (χ0) is 14.8. The fraction of sp³-hybridized carbons (Fsp3) is 0.133. The maximum Gasteiger partial charge on any atom is 0.155 e. The van der Waals surface area contributed by atoms with Gasteiger partial charge >= 0.3 is 0 Å². The number of rotatable bonds is 3. The number of nitrogens with zero attached hydrogens (tertiary/aromatic N) is 4. The molecule has 0 spiro atoms. The number of nitrogens with one attached hydrogen (secondary N) is 1. The van der Waals surface area contributed by atoms with Crippen LogP contribution in [0, 0.1) is 18.3 Å². The second kappa shape index (κ2) is 5.54. The number of hydrogen-bond acceptors (Lipinski definition) is 4. The number of halogens is 1. The van der Waals surface area contributed by atoms with Crippen molar-refractivity contribution in [3.63, 3.8) is 0 Å². The zero-order valence-corrected chi connectivity index (χ0v) is 12.9. The fourth-order valence-corrected chi connectivity index (χ4v) is 2.45. The largest absolute Gasteiger partial charge is 0.380 e. The molecule has 104 valence electrons. The monoisotopic (exact) mass is 341 g/mol. The second-order valence-electron chi connectivity index (χ2n) is 4.71. The van der Waals surface area contributed by atoms with Crippen molar-refractivity contribution in [2.45, 2.75) is 13.5 Å². The Kier molecular flexibility index (Phi) is 3.59. The van der Waals surface area contributed by atoms with E-state index in [4.69, 9.17) is 5.26 Å². The third-order valence-electron chi connectivity index (χ3n) is 3.07. The second-order valence-corrected chi connectivity index (χ2v) is 5.62. The predicted molar refractivity (Wildman–Crippen MR) is 83.9 cm³/mol. The van der Waals surface area contributed by atoms with Crippen LogP contribution in [0.5, 0.6) is 0 Å². The minimum absolute atomic E-state index is 0.582. The first kappa shape index (κ1) is 13.6. The summed E-state index contributed by atoms with van der Waals surface area (Å²) >= 11 is 3.36. The molecule has 1 N–H and O–H groups in total. The number of aryl methyl sites for hydroxylation is 1. The van der Waals surface area contributed by atoms with Gasteiger partial charge in [-0.2, -0.15) is 10.4 Å². The van der Waals surface area contributed by atoms with Crippen molar-refractivity contribution < 1.29 is 0 Å². The van der Waals surface area contributed by atoms with Crippen LogP contribution in [-0.4, -0.2) is 14.6 Å². The van der Waals surface area contributed by atoms with Gasteiger partial charge in [-0.3, -0.25) is 0 Å². The average Bonchev–Trinajstić information content (AvgIpc) is 2.85. The Labute approximate surface area is 130 Å². The molecule has 0 bridgehead atoms. The van der Waals surface area contributed by atoms with Crippen LogP contribution in [0.25, 0.3) is 5.65 Å². The first-order chi connectivity index (χ1) is 10.2. The molecule has 6 heteroatoms. The Morgan fingerprint density at radius 2 is 2.24 bits per heavy atom. The van der Waals surface area contributed by atoms with E-state index in [1.807, 2.05) is 37.5 Å². The number of nitriles is 1. The molecule has 3 rings (SSSR count). The molecule has 2 heterocycles. The lowest BCUT2D eigenvalue weighted by Crippen LogP contribution is -2.03. The molecule has 5 nitrogen and oxygen atoms in total. The predicted octanol–water partition coefficient (Wildman–Crippen LogP) is 3.28. The summed E-state index contributed by atoms with van der Waals surface area (Å²) in [5.74, 6) is 0. The van der Waals surface area contributed by atoms with Crippen molar-refractivity contribution in [1.29, 1.82) is 5.26 Å². The van der Waals surface area contributed by atoms with Crippen LogP contribution in [0.4, 0.5) is 5.69 Å². The van der Waals surface area contributed by atoms with E-state index < -0.39 is 0 Å². The Balaban J connectivity index is 1.81. The number of anilines is 1. The van der Waals surface area contributed by atoms with Crippen LogP contribution in [0.1, 0.15) is 16.8 Å². The number of fused-ring (bicyclic) bond motifs is 1. The van der Waals surface area contributed by atoms with Gasteiger partial charge in [0.1, 0.15) is 6.07 Å². The van der Waals surface area contributed by atoms with Gasteiger partial charge < -0.3 is 5.32 Å². The molecule has 0 aliphatic heterocycles. The third kappa shape index (κ3) is 2.88. The Morgan fingerprint density at radius 1 is 1.38 bits per heavy atom. The standard InChI is InChI=1S/C15H12BrN5/c1-10-4-15-19-8-11(9-21(15)20-10)7-18-14-3-2-13(16)5-12(14)6-17/h2-5,8-9,18H,7H2,1H3. The molecular weight excluding hydrogens is 330 g/mol. The lowest BCUT2D eigenvalue weighted by atomic mass is 10.2. The Hall–Kier alpha value is -2.39. The van der Waals surface area contributed by atoms with E-state index in [0.717, 1.165) is 27.1 Å². The molecular formula is C15H12BrN5. The van der Waals surface area contributed by atoms with Gasteiger partial charge in [0.05, 0.1) is 16.9 Å². The highest BCUT2D eigenvalue weighted by Gasteiger charge is 2.04. The molecule has 21 heavy (non-hydrogen) atoms. The van der Waals surface area contributed by atoms with Gasteiger partial charge in [0.25, 0.3) is 0 Å². The molecule has 0 radical (unpaired) electrons. The number of aromatic nitrogens is 3. The van der Waals surface area contributed by atoms with Crippen LogP contribution in [-0.2, 0) is 6.54 Å². The van der Waals surface area contributed by atoms with E-state index in [9.17, 15) is 0 Å². The molecule has 1 aromatic carbocycles. The van der Waals surface area contributed by atoms with Crippen LogP contribution in [0.2, 0.25) is 0 Å². The number of benzene rings is 1. The van der Waals surface area contributed by atoms with Crippen molar-refractivity contribution in [1.82, 2.24) is 14.6 Å². The topological polar surface area (TPSA) is 66.0 Å². The highest BCUT2D eigenvalue weighted by Crippen LogP contribution is 2.20. The lowest BCUT2D eigenvalue weighted by molar-refractivity contribution is 0.895. The van der Waals surface area contributed by atoms with Gasteiger partial charge in [-0.1, -0.05) is 15.9 Å². The summed E-state index contributed by atoms with van der Waals surface area (Å²) in [6.45, 7) is 2.52. The summed E-state index contributed by atoms with van der Waals surface area (Å²) in [6.07, 6.45) is 3.75. The van der Waals surface area contributed by atoms with Crippen molar-refractivity contribution in [2.24, 2.45) is 0 Å². The van der Waals surface area contributed by atoms with Crippen LogP contribution < -0.4 is 5.32 Å². The smallest absolute Gasteiger partial charge is 0.155 e. The first-order valence-corrected chi connectivity index (χ1v) is 7.19. The van der Waals surface area contributed by atoms with Crippen LogP contribution >= 0.6 is 15.9 Å². The highest BCUT2D eigenvalue weighted by molar-refractivity contribution is 9.10. The van der Waals surface area contributed by atoms with E-state index in [2.05, 4.69) is 37.4 Å². The minimum atomic E-state index is 0.582. The van der Waals surface area contributed by atoms with E-state index >= 15 is 0 Å². The minimum Gasteiger partial charge on any atom is -0.380 e. The summed E-state index contributed by atoms with van der Waals surface area (Å²) in [4.78, 5) is 4.36. The van der Waals surface area contributed by atoms with Crippen LogP contribution in [0.15, 0.2) is 41.1 Å². The SMILES string of the molecule is Cc1cc2ncc(CNc3ccc(Br)cc3C#N)cn2n1. The van der Waals surface area contributed by atoms with Gasteiger partial charge in [0.15, 0.2) is 5.65 Å². The summed E-state index contributed by atoms with van der Waals surface area (Å²) in [5, 5.41) is 16.7. The van der Waals surface area contributed by atoms with E-state index in [0.29, 0.717) is 12.1 Å². The molecule has 0 saturated heterocycles. The van der Waals surface area contributed by atoms with Gasteiger partial charge in [0.2, 0.25) is 0 Å². The summed E-state index contributed by atoms with van der Waals surface area (Å²) in [5.41, 5.74) is 4.17. The number of hydrogen-bond donors (Lipinski definition) is 1. The Morgan fingerprint density at radius 3 is 3.05 bits per heavy atom. The molecule has 0 fully saturated rings. The summed E-state index contributed by atoms with van der Waals surface area (Å²) < 4.78 is 2.65. The van der Waals surface area contributed by atoms with E-state index in [-0.39, 0.29) is 0 Å². The fourth-order valence-electron chi connectivity index (χ4n) is 2.09. The average molecular weight is 342 g/mol. The first-order valence-electron chi connectivity index (χ1n) is 6.40. The third-order valence-corrected chi connectivity index (χ3v) is 3.57. The molecule has 0 aliphatic carbocycles. The maximum atomic E-state index is 9.15. The quantitative estimate of drug-likeness (QED) is 0.793. The molecule has 0 aliphatic rings. The summed E-state index contributed by atoms with van der Waals surface area (Å²) in [7, 11) is 0. The van der Waals surface area contributed by atoms with Crippen LogP contribution in [0.3, 0.4) is 0 Å². The van der Waals surface area contributed by atoms with E-state index in [1.165, 1.54) is 0 Å². The summed E-state index contributed by atoms with van der Waals surface area (Å²) in [6, 6.07) is 9.69. The van der Waals surface area contributed by atoms with E-state index in [1.54, 1.807) is 10.6 Å². The van der Waals surface area contributed by atoms with Crippen molar-refractivity contribution in [3.05, 3.63) is 58.0 Å². The Bertz CT molecular complexity index is 847. The zero-order valence-electron chi connectivity index (χ0n) is 11.3. The van der Waals surface area contributed by atoms with Crippen molar-refractivity contribution >= 4 is 27.3 Å². The molecule has 3 aromatic rings.